The second-order valence-electron chi connectivity index (χ2n) is 8.98. The summed E-state index contributed by atoms with van der Waals surface area (Å²) >= 11 is -2.29. The average Bonchev–Trinajstić information content (AvgIpc) is 2.69. The van der Waals surface area contributed by atoms with Gasteiger partial charge >= 0.3 is 178 Å². The molecular formula is C26H52Sn. The molecule has 0 aliphatic rings. The van der Waals surface area contributed by atoms with Crippen molar-refractivity contribution in [3.8, 4) is 10.4 Å². The van der Waals surface area contributed by atoms with Crippen LogP contribution in [0.2, 0.25) is 13.3 Å². The number of unbranched alkanes of at least 4 members (excludes halogenated alkanes) is 15. The second-order valence-corrected chi connectivity index (χ2v) is 21.4. The summed E-state index contributed by atoms with van der Waals surface area (Å²) in [5.41, 5.74) is 0. The SMILES string of the molecule is C#[C][Sn]([CH2]CCCCCCC)([CH2]CCCCCCC)[CH2]CCCCCCC. The topological polar surface area (TPSA) is 0 Å². The van der Waals surface area contributed by atoms with Crippen molar-refractivity contribution >= 4 is 18.4 Å². The van der Waals surface area contributed by atoms with E-state index >= 15 is 0 Å². The average molecular weight is 483 g/mol. The summed E-state index contributed by atoms with van der Waals surface area (Å²) in [7, 11) is 0. The van der Waals surface area contributed by atoms with E-state index in [2.05, 4.69) is 24.7 Å². The van der Waals surface area contributed by atoms with Crippen LogP contribution in [-0.4, -0.2) is 18.4 Å². The molecule has 0 fully saturated rings. The molecule has 0 rings (SSSR count). The fourth-order valence-electron chi connectivity index (χ4n) is 4.32. The van der Waals surface area contributed by atoms with E-state index in [1.807, 2.05) is 0 Å². The van der Waals surface area contributed by atoms with Gasteiger partial charge in [0, 0.05) is 0 Å². The van der Waals surface area contributed by atoms with E-state index in [0.29, 0.717) is 0 Å². The van der Waals surface area contributed by atoms with Crippen molar-refractivity contribution in [1.82, 2.24) is 0 Å². The van der Waals surface area contributed by atoms with Crippen molar-refractivity contribution in [3.05, 3.63) is 0 Å². The van der Waals surface area contributed by atoms with E-state index in [4.69, 9.17) is 6.42 Å². The minimum atomic E-state index is -2.29. The van der Waals surface area contributed by atoms with Crippen LogP contribution in [0.25, 0.3) is 0 Å². The fraction of sp³-hybridized carbons (Fsp3) is 0.923. The number of hydrogen-bond donors (Lipinski definition) is 0. The third-order valence-electron chi connectivity index (χ3n) is 6.33. The van der Waals surface area contributed by atoms with Crippen molar-refractivity contribution < 1.29 is 0 Å². The molecule has 0 atom stereocenters. The number of terminal acetylenes is 1. The zero-order chi connectivity index (χ0) is 20.1. The van der Waals surface area contributed by atoms with Gasteiger partial charge in [-0.2, -0.15) is 0 Å². The first-order valence-corrected chi connectivity index (χ1v) is 20.2. The molecule has 0 aliphatic heterocycles. The summed E-state index contributed by atoms with van der Waals surface area (Å²) in [4.78, 5) is 0. The van der Waals surface area contributed by atoms with Crippen LogP contribution in [0.3, 0.4) is 0 Å². The molecule has 0 spiro atoms. The van der Waals surface area contributed by atoms with Gasteiger partial charge in [-0.15, -0.1) is 0 Å². The van der Waals surface area contributed by atoms with Crippen molar-refractivity contribution in [3.63, 3.8) is 0 Å². The zero-order valence-electron chi connectivity index (χ0n) is 19.4. The van der Waals surface area contributed by atoms with Crippen LogP contribution in [0.4, 0.5) is 0 Å². The molecule has 0 saturated heterocycles. The second kappa shape index (κ2) is 21.1. The molecule has 1 heteroatoms. The van der Waals surface area contributed by atoms with Crippen LogP contribution in [0.1, 0.15) is 136 Å². The third-order valence-corrected chi connectivity index (χ3v) is 19.3. The molecule has 27 heavy (non-hydrogen) atoms. The summed E-state index contributed by atoms with van der Waals surface area (Å²) in [5.74, 6) is 0. The molecule has 0 aromatic rings. The zero-order valence-corrected chi connectivity index (χ0v) is 22.3. The molecule has 0 heterocycles. The van der Waals surface area contributed by atoms with Crippen molar-refractivity contribution in [2.75, 3.05) is 0 Å². The minimum absolute atomic E-state index is 1.35. The van der Waals surface area contributed by atoms with Gasteiger partial charge in [-0.1, -0.05) is 0 Å². The van der Waals surface area contributed by atoms with Crippen molar-refractivity contribution in [1.29, 1.82) is 0 Å². The molecule has 0 bridgehead atoms. The molecule has 0 aromatic heterocycles. The van der Waals surface area contributed by atoms with Gasteiger partial charge in [0.25, 0.3) is 0 Å². The van der Waals surface area contributed by atoms with Crippen molar-refractivity contribution in [2.24, 2.45) is 0 Å². The Morgan fingerprint density at radius 1 is 0.444 bits per heavy atom. The molecule has 0 radical (unpaired) electrons. The van der Waals surface area contributed by atoms with E-state index in [-0.39, 0.29) is 0 Å². The van der Waals surface area contributed by atoms with Gasteiger partial charge in [-0.05, 0) is 0 Å². The fourth-order valence-corrected chi connectivity index (χ4v) is 15.6. The maximum atomic E-state index is 6.24. The molecule has 0 aromatic carbocycles. The molecule has 0 unspecified atom stereocenters. The predicted octanol–water partition coefficient (Wildman–Crippen LogP) is 9.69. The number of rotatable bonds is 21. The van der Waals surface area contributed by atoms with Crippen LogP contribution in [0.15, 0.2) is 0 Å². The molecule has 0 nitrogen and oxygen atoms in total. The monoisotopic (exact) mass is 484 g/mol. The van der Waals surface area contributed by atoms with Crippen LogP contribution >= 0.6 is 0 Å². The van der Waals surface area contributed by atoms with E-state index in [1.54, 1.807) is 0 Å². The summed E-state index contributed by atoms with van der Waals surface area (Å²) in [6, 6.07) is 0. The molecule has 160 valence electrons. The van der Waals surface area contributed by atoms with Crippen molar-refractivity contribution in [2.45, 2.75) is 150 Å². The van der Waals surface area contributed by atoms with Gasteiger partial charge < -0.3 is 0 Å². The summed E-state index contributed by atoms with van der Waals surface area (Å²) < 4.78 is 7.99. The Morgan fingerprint density at radius 3 is 0.963 bits per heavy atom. The summed E-state index contributed by atoms with van der Waals surface area (Å²) in [6.45, 7) is 6.92. The predicted molar refractivity (Wildman–Crippen MR) is 129 cm³/mol. The molecule has 0 saturated carbocycles. The van der Waals surface area contributed by atoms with Gasteiger partial charge in [0.05, 0.1) is 0 Å². The van der Waals surface area contributed by atoms with Gasteiger partial charge in [0.15, 0.2) is 0 Å². The van der Waals surface area contributed by atoms with Gasteiger partial charge in [-0.25, -0.2) is 0 Å². The Bertz CT molecular complexity index is 287. The van der Waals surface area contributed by atoms with E-state index in [9.17, 15) is 0 Å². The Morgan fingerprint density at radius 2 is 0.704 bits per heavy atom. The first-order valence-electron chi connectivity index (χ1n) is 12.7. The molecular weight excluding hydrogens is 431 g/mol. The first kappa shape index (κ1) is 27.4. The number of hydrogen-bond acceptors (Lipinski definition) is 0. The van der Waals surface area contributed by atoms with Gasteiger partial charge in [0.1, 0.15) is 0 Å². The molecule has 0 amide bonds. The van der Waals surface area contributed by atoms with Crippen LogP contribution in [0, 0.1) is 10.4 Å². The maximum absolute atomic E-state index is 6.24. The normalized spacial score (nSPS) is 11.6. The molecule has 0 aliphatic carbocycles. The summed E-state index contributed by atoms with van der Waals surface area (Å²) in [6.07, 6.45) is 31.8. The van der Waals surface area contributed by atoms with E-state index in [0.717, 1.165) is 0 Å². The quantitative estimate of drug-likeness (QED) is 0.0866. The Hall–Kier alpha value is 0.359. The van der Waals surface area contributed by atoms with E-state index in [1.165, 1.54) is 129 Å². The third kappa shape index (κ3) is 17.0. The Labute approximate surface area is 177 Å². The van der Waals surface area contributed by atoms with Crippen LogP contribution < -0.4 is 0 Å². The van der Waals surface area contributed by atoms with Crippen LogP contribution in [0.5, 0.6) is 0 Å². The standard InChI is InChI=1S/3C8H17.C2H.Sn/c3*1-3-5-7-8-6-4-2;1-2;/h3*1,3-8H2,2H3;1H;. The van der Waals surface area contributed by atoms with Gasteiger partial charge in [0.2, 0.25) is 0 Å². The van der Waals surface area contributed by atoms with Gasteiger partial charge in [-0.3, -0.25) is 0 Å². The van der Waals surface area contributed by atoms with Crippen LogP contribution in [-0.2, 0) is 0 Å². The molecule has 0 N–H and O–H groups in total. The Kier molecular flexibility index (Phi) is 21.4. The summed E-state index contributed by atoms with van der Waals surface area (Å²) in [5, 5.41) is 0. The van der Waals surface area contributed by atoms with E-state index < -0.39 is 18.4 Å². The Balaban J connectivity index is 4.26. The first-order chi connectivity index (χ1) is 13.2.